The van der Waals surface area contributed by atoms with E-state index in [1.165, 1.54) is 0 Å². The average Bonchev–Trinajstić information content (AvgIpc) is 2.26. The molecule has 0 aliphatic carbocycles. The number of carboxylic acids is 1. The van der Waals surface area contributed by atoms with E-state index in [-0.39, 0.29) is 5.56 Å². The average molecular weight is 330 g/mol. The van der Waals surface area contributed by atoms with Gasteiger partial charge in [0.25, 0.3) is 0 Å². The van der Waals surface area contributed by atoms with Crippen LogP contribution in [-0.2, 0) is 0 Å². The van der Waals surface area contributed by atoms with Gasteiger partial charge in [-0.15, -0.1) is 12.3 Å². The van der Waals surface area contributed by atoms with Gasteiger partial charge in [0, 0.05) is 9.99 Å². The summed E-state index contributed by atoms with van der Waals surface area (Å²) in [7, 11) is 0. The number of aromatic carboxylic acids is 1. The van der Waals surface area contributed by atoms with Crippen LogP contribution in [-0.4, -0.2) is 17.7 Å². The summed E-state index contributed by atoms with van der Waals surface area (Å²) in [4.78, 5) is 10.9. The number of ether oxygens (including phenoxy) is 1. The van der Waals surface area contributed by atoms with Crippen molar-refractivity contribution < 1.29 is 14.6 Å². The molecule has 0 aliphatic heterocycles. The Labute approximate surface area is 108 Å². The molecule has 0 bridgehead atoms. The molecule has 84 valence electrons. The normalized spacial score (nSPS) is 9.50. The van der Waals surface area contributed by atoms with Crippen LogP contribution in [0, 0.1) is 15.9 Å². The zero-order valence-electron chi connectivity index (χ0n) is 8.57. The number of carboxylic acid groups (broad SMARTS) is 1. The van der Waals surface area contributed by atoms with Crippen LogP contribution in [0.2, 0.25) is 0 Å². The molecule has 16 heavy (non-hydrogen) atoms. The van der Waals surface area contributed by atoms with Crippen molar-refractivity contribution in [3.05, 3.63) is 27.3 Å². The van der Waals surface area contributed by atoms with E-state index in [2.05, 4.69) is 28.5 Å². The number of hydrogen-bond acceptors (Lipinski definition) is 2. The summed E-state index contributed by atoms with van der Waals surface area (Å²) < 4.78 is 6.24. The molecule has 0 fully saturated rings. The van der Waals surface area contributed by atoms with Gasteiger partial charge in [-0.1, -0.05) is 0 Å². The molecule has 0 amide bonds. The lowest BCUT2D eigenvalue weighted by Gasteiger charge is -2.08. The lowest BCUT2D eigenvalue weighted by atomic mass is 10.2. The van der Waals surface area contributed by atoms with Crippen LogP contribution in [0.5, 0.6) is 5.75 Å². The van der Waals surface area contributed by atoms with E-state index in [9.17, 15) is 4.79 Å². The van der Waals surface area contributed by atoms with E-state index >= 15 is 0 Å². The molecule has 0 radical (unpaired) electrons. The molecule has 1 aromatic rings. The second-order valence-corrected chi connectivity index (χ2v) is 4.35. The minimum absolute atomic E-state index is 0.188. The molecule has 1 rings (SSSR count). The zero-order valence-corrected chi connectivity index (χ0v) is 10.7. The number of hydrogen-bond donors (Lipinski definition) is 1. The smallest absolute Gasteiger partial charge is 0.339 e. The Morgan fingerprint density at radius 2 is 2.31 bits per heavy atom. The zero-order chi connectivity index (χ0) is 12.0. The molecule has 0 aromatic heterocycles. The fraction of sp³-hybridized carbons (Fsp3) is 0.250. The Bertz CT molecular complexity index is 421. The highest BCUT2D eigenvalue weighted by Gasteiger charge is 2.11. The van der Waals surface area contributed by atoms with Gasteiger partial charge in [0.2, 0.25) is 0 Å². The minimum Gasteiger partial charge on any atom is -0.493 e. The molecule has 0 saturated heterocycles. The fourth-order valence-corrected chi connectivity index (χ4v) is 1.64. The van der Waals surface area contributed by atoms with Crippen molar-refractivity contribution in [1.82, 2.24) is 0 Å². The summed E-state index contributed by atoms with van der Waals surface area (Å²) in [5.41, 5.74) is 0.188. The van der Waals surface area contributed by atoms with E-state index in [1.54, 1.807) is 12.1 Å². The van der Waals surface area contributed by atoms with Crippen molar-refractivity contribution in [2.45, 2.75) is 12.8 Å². The van der Waals surface area contributed by atoms with Crippen LogP contribution in [0.25, 0.3) is 0 Å². The topological polar surface area (TPSA) is 46.5 Å². The number of rotatable bonds is 5. The summed E-state index contributed by atoms with van der Waals surface area (Å²) in [5, 5.41) is 8.98. The van der Waals surface area contributed by atoms with Crippen molar-refractivity contribution in [2.24, 2.45) is 0 Å². The van der Waals surface area contributed by atoms with E-state index in [4.69, 9.17) is 16.3 Å². The largest absolute Gasteiger partial charge is 0.493 e. The second kappa shape index (κ2) is 6.38. The van der Waals surface area contributed by atoms with Gasteiger partial charge in [-0.2, -0.15) is 0 Å². The third-order valence-electron chi connectivity index (χ3n) is 1.90. The first-order valence-electron chi connectivity index (χ1n) is 4.74. The Morgan fingerprint density at radius 1 is 1.56 bits per heavy atom. The molecule has 0 spiro atoms. The van der Waals surface area contributed by atoms with Gasteiger partial charge in [-0.05, 0) is 47.2 Å². The second-order valence-electron chi connectivity index (χ2n) is 3.10. The van der Waals surface area contributed by atoms with Crippen LogP contribution in [0.15, 0.2) is 18.2 Å². The van der Waals surface area contributed by atoms with Crippen LogP contribution in [0.4, 0.5) is 0 Å². The van der Waals surface area contributed by atoms with Gasteiger partial charge >= 0.3 is 5.97 Å². The fourth-order valence-electron chi connectivity index (χ4n) is 1.15. The van der Waals surface area contributed by atoms with Crippen LogP contribution in [0.3, 0.4) is 0 Å². The molecule has 3 nitrogen and oxygen atoms in total. The van der Waals surface area contributed by atoms with Crippen molar-refractivity contribution >= 4 is 28.6 Å². The van der Waals surface area contributed by atoms with Gasteiger partial charge in [0.1, 0.15) is 11.3 Å². The van der Waals surface area contributed by atoms with Gasteiger partial charge in [-0.3, -0.25) is 0 Å². The lowest BCUT2D eigenvalue weighted by molar-refractivity contribution is 0.0692. The lowest BCUT2D eigenvalue weighted by Crippen LogP contribution is -2.04. The minimum atomic E-state index is -0.981. The molecule has 4 heteroatoms. The van der Waals surface area contributed by atoms with Crippen LogP contribution >= 0.6 is 22.6 Å². The van der Waals surface area contributed by atoms with E-state index < -0.39 is 5.97 Å². The van der Waals surface area contributed by atoms with E-state index in [0.29, 0.717) is 18.8 Å². The molecule has 0 atom stereocenters. The number of unbranched alkanes of at least 4 members (excludes halogenated alkanes) is 1. The summed E-state index contributed by atoms with van der Waals surface area (Å²) in [6.07, 6.45) is 6.46. The standard InChI is InChI=1S/C12H11IO3/c1-2-3-4-7-16-11-6-5-9(13)8-10(11)12(14)15/h1,5-6,8H,3-4,7H2,(H,14,15). The Kier molecular flexibility index (Phi) is 5.12. The number of terminal acetylenes is 1. The maximum Gasteiger partial charge on any atom is 0.339 e. The first-order chi connectivity index (χ1) is 7.65. The third kappa shape index (κ3) is 3.74. The van der Waals surface area contributed by atoms with Crippen molar-refractivity contribution in [2.75, 3.05) is 6.61 Å². The quantitative estimate of drug-likeness (QED) is 0.513. The highest BCUT2D eigenvalue weighted by atomic mass is 127. The molecule has 0 unspecified atom stereocenters. The number of halogens is 1. The van der Waals surface area contributed by atoms with Crippen molar-refractivity contribution in [3.63, 3.8) is 0 Å². The van der Waals surface area contributed by atoms with Crippen molar-refractivity contribution in [3.8, 4) is 18.1 Å². The summed E-state index contributed by atoms with van der Waals surface area (Å²) in [6, 6.07) is 5.06. The van der Waals surface area contributed by atoms with E-state index in [1.807, 2.05) is 6.07 Å². The summed E-state index contributed by atoms with van der Waals surface area (Å²) in [6.45, 7) is 0.436. The Hall–Kier alpha value is -1.22. The van der Waals surface area contributed by atoms with Crippen molar-refractivity contribution in [1.29, 1.82) is 0 Å². The number of carbonyl (C=O) groups is 1. The molecular formula is C12H11IO3. The SMILES string of the molecule is C#CCCCOc1ccc(I)cc1C(=O)O. The molecule has 0 saturated carbocycles. The van der Waals surface area contributed by atoms with Gasteiger partial charge in [0.15, 0.2) is 0 Å². The predicted octanol–water partition coefficient (Wildman–Crippen LogP) is 2.78. The number of benzene rings is 1. The van der Waals surface area contributed by atoms with Gasteiger partial charge < -0.3 is 9.84 Å². The highest BCUT2D eigenvalue weighted by Crippen LogP contribution is 2.21. The molecule has 0 heterocycles. The van der Waals surface area contributed by atoms with Crippen LogP contribution in [0.1, 0.15) is 23.2 Å². The third-order valence-corrected chi connectivity index (χ3v) is 2.57. The maximum absolute atomic E-state index is 10.9. The van der Waals surface area contributed by atoms with Gasteiger partial charge in [0.05, 0.1) is 6.61 Å². The Balaban J connectivity index is 2.72. The first kappa shape index (κ1) is 12.8. The summed E-state index contributed by atoms with van der Waals surface area (Å²) >= 11 is 2.06. The monoisotopic (exact) mass is 330 g/mol. The molecular weight excluding hydrogens is 319 g/mol. The Morgan fingerprint density at radius 3 is 2.94 bits per heavy atom. The summed E-state index contributed by atoms with van der Waals surface area (Å²) in [5.74, 6) is 1.92. The predicted molar refractivity (Wildman–Crippen MR) is 69.7 cm³/mol. The molecule has 1 N–H and O–H groups in total. The van der Waals surface area contributed by atoms with Crippen LogP contribution < -0.4 is 4.74 Å². The first-order valence-corrected chi connectivity index (χ1v) is 5.82. The maximum atomic E-state index is 10.9. The highest BCUT2D eigenvalue weighted by molar-refractivity contribution is 14.1. The molecule has 0 aliphatic rings. The molecule has 1 aromatic carbocycles. The van der Waals surface area contributed by atoms with E-state index in [0.717, 1.165) is 9.99 Å². The van der Waals surface area contributed by atoms with Gasteiger partial charge in [-0.25, -0.2) is 4.79 Å².